The molecule has 3 saturated carbocycles. The van der Waals surface area contributed by atoms with E-state index in [9.17, 15) is 9.90 Å². The summed E-state index contributed by atoms with van der Waals surface area (Å²) in [7, 11) is 0. The molecule has 8 N–H and O–H groups in total. The van der Waals surface area contributed by atoms with Gasteiger partial charge in [-0.05, 0) is 103 Å². The molecule has 0 spiro atoms. The van der Waals surface area contributed by atoms with Crippen LogP contribution in [0.4, 0.5) is 10.6 Å². The maximum atomic E-state index is 11.4. The summed E-state index contributed by atoms with van der Waals surface area (Å²) in [6.07, 6.45) is 12.4. The molecule has 2 aromatic rings. The van der Waals surface area contributed by atoms with Crippen LogP contribution in [0.2, 0.25) is 0 Å². The number of hydrogen-bond donors (Lipinski definition) is 6. The van der Waals surface area contributed by atoms with Gasteiger partial charge in [0.05, 0.1) is 11.4 Å². The van der Waals surface area contributed by atoms with Gasteiger partial charge in [-0.25, -0.2) is 9.89 Å². The van der Waals surface area contributed by atoms with Gasteiger partial charge in [0.2, 0.25) is 5.88 Å². The lowest BCUT2D eigenvalue weighted by atomic mass is 9.34. The third kappa shape index (κ3) is 4.20. The molecule has 8 atom stereocenters. The zero-order valence-electron chi connectivity index (χ0n) is 28.4. The molecule has 0 aliphatic heterocycles. The first kappa shape index (κ1) is 30.7. The molecule has 3 fully saturated rings. The minimum absolute atomic E-state index is 0.0132. The highest BCUT2D eigenvalue weighted by atomic mass is 16.3. The van der Waals surface area contributed by atoms with Gasteiger partial charge in [0.1, 0.15) is 5.82 Å². The van der Waals surface area contributed by atoms with E-state index in [1.807, 2.05) is 0 Å². The molecule has 0 radical (unpaired) electrons. The van der Waals surface area contributed by atoms with E-state index in [4.69, 9.17) is 21.7 Å². The molecule has 2 aromatic heterocycles. The van der Waals surface area contributed by atoms with Gasteiger partial charge in [0.15, 0.2) is 0 Å². The topological polar surface area (TPSA) is 159 Å². The summed E-state index contributed by atoms with van der Waals surface area (Å²) in [5.74, 6) is 3.26. The Morgan fingerprint density at radius 1 is 1.02 bits per heavy atom. The van der Waals surface area contributed by atoms with Gasteiger partial charge in [-0.1, -0.05) is 60.1 Å². The monoisotopic (exact) mass is 617 g/mol. The summed E-state index contributed by atoms with van der Waals surface area (Å²) in [5.41, 5.74) is 18.4. The number of nitrogens with two attached hydrogens (primary N) is 2. The van der Waals surface area contributed by atoms with Gasteiger partial charge >= 0.3 is 6.03 Å². The first-order valence-electron chi connectivity index (χ1n) is 17.4. The molecule has 0 bridgehead atoms. The Morgan fingerprint density at radius 2 is 1.76 bits per heavy atom. The van der Waals surface area contributed by atoms with Crippen molar-refractivity contribution in [3.8, 4) is 5.88 Å². The molecule has 0 saturated heterocycles. The number of aromatic hydroxyl groups is 1. The number of nitrogens with one attached hydrogen (secondary N) is 3. The highest BCUT2D eigenvalue weighted by Gasteiger charge is 2.67. The Labute approximate surface area is 268 Å². The molecule has 9 nitrogen and oxygen atoms in total. The first-order chi connectivity index (χ1) is 21.0. The number of carbonyl (C=O) groups is 1. The highest BCUT2D eigenvalue weighted by molar-refractivity contribution is 5.71. The number of aromatic amines is 2. The Bertz CT molecular complexity index is 1550. The number of primary amides is 1. The zero-order chi connectivity index (χ0) is 32.3. The molecule has 5 aliphatic carbocycles. The number of urea groups is 1. The number of allylic oxidation sites excluding steroid dienone is 2. The fourth-order valence-corrected chi connectivity index (χ4v) is 12.6. The Hall–Kier alpha value is -2.97. The molecular weight excluding hydrogens is 562 g/mol. The number of carbonyl (C=O) groups excluding carboxylic acids is 1. The summed E-state index contributed by atoms with van der Waals surface area (Å²) in [4.78, 5) is 11.4. The lowest BCUT2D eigenvalue weighted by molar-refractivity contribution is -0.153. The lowest BCUT2D eigenvalue weighted by Gasteiger charge is -2.70. The normalized spacial score (nSPS) is 39.4. The van der Waals surface area contributed by atoms with Crippen LogP contribution in [-0.2, 0) is 18.3 Å². The van der Waals surface area contributed by atoms with Crippen LogP contribution >= 0.6 is 0 Å². The molecule has 5 aliphatic rings. The highest BCUT2D eigenvalue weighted by Crippen LogP contribution is 2.74. The number of fused-ring (bicyclic) bond motifs is 8. The molecule has 9 heteroatoms. The molecular formula is C36H55N7O2. The van der Waals surface area contributed by atoms with Gasteiger partial charge in [-0.2, -0.15) is 10.2 Å². The molecule has 0 aromatic carbocycles. The number of nitrogen functional groups attached to an aromatic ring is 1. The SMILES string of the molecule is CC1(C)CC2C3=CCC4[C@@]5(C)Cc6c(n[nH]c6N)C(C)(C)C5CC[C@@]4(C)[C@]3(C)CC[C@@H]2[C@H](c2n[nH]c(O)c2CCNC(N)=O)C1. The van der Waals surface area contributed by atoms with E-state index in [0.717, 1.165) is 36.3 Å². The van der Waals surface area contributed by atoms with Crippen LogP contribution in [0, 0.1) is 45.3 Å². The van der Waals surface area contributed by atoms with E-state index < -0.39 is 6.03 Å². The summed E-state index contributed by atoms with van der Waals surface area (Å²) < 4.78 is 0. The van der Waals surface area contributed by atoms with E-state index in [0.29, 0.717) is 36.6 Å². The second kappa shape index (κ2) is 9.77. The van der Waals surface area contributed by atoms with Crippen LogP contribution < -0.4 is 16.8 Å². The summed E-state index contributed by atoms with van der Waals surface area (Å²) in [6.45, 7) is 17.9. The van der Waals surface area contributed by atoms with Gasteiger partial charge in [0, 0.05) is 29.0 Å². The molecule has 2 amide bonds. The maximum Gasteiger partial charge on any atom is 0.312 e. The Balaban J connectivity index is 1.25. The standard InChI is InChI=1S/C36H55N7O2/c1-32(2)16-21-19(22(17-32)27-20(30(44)43-40-27)12-15-39-31(38)45)10-13-35(6)24(21)8-9-26-34(5)18-23-28(41-42-29(23)37)33(3,4)25(34)11-14-36(26,35)7/h8,19,21-22,25-26H,9-18H2,1-7H3,(H3,37,41,42)(H3,38,39,45)(H2,40,43,44)/t19-,21?,22+,25?,26?,34-,35+,36+/m0/s1. The Kier molecular flexibility index (Phi) is 6.66. The van der Waals surface area contributed by atoms with Crippen LogP contribution in [0.1, 0.15) is 122 Å². The molecule has 7 rings (SSSR count). The molecule has 246 valence electrons. The van der Waals surface area contributed by atoms with Crippen molar-refractivity contribution in [1.29, 1.82) is 0 Å². The number of amides is 2. The third-order valence-corrected chi connectivity index (χ3v) is 14.6. The zero-order valence-corrected chi connectivity index (χ0v) is 28.4. The predicted octanol–water partition coefficient (Wildman–Crippen LogP) is 6.47. The van der Waals surface area contributed by atoms with Crippen molar-refractivity contribution in [3.63, 3.8) is 0 Å². The van der Waals surface area contributed by atoms with Gasteiger partial charge in [0.25, 0.3) is 0 Å². The Morgan fingerprint density at radius 3 is 2.49 bits per heavy atom. The molecule has 45 heavy (non-hydrogen) atoms. The average molecular weight is 618 g/mol. The average Bonchev–Trinajstić information content (AvgIpc) is 3.49. The van der Waals surface area contributed by atoms with E-state index >= 15 is 0 Å². The lowest BCUT2D eigenvalue weighted by Crippen LogP contribution is -2.63. The smallest absolute Gasteiger partial charge is 0.312 e. The second-order valence-corrected chi connectivity index (χ2v) is 17.6. The first-order valence-corrected chi connectivity index (χ1v) is 17.4. The van der Waals surface area contributed by atoms with Crippen LogP contribution in [0.3, 0.4) is 0 Å². The van der Waals surface area contributed by atoms with Gasteiger partial charge in [-0.3, -0.25) is 5.10 Å². The minimum Gasteiger partial charge on any atom is -0.493 e. The fraction of sp³-hybridized carbons (Fsp3) is 0.750. The van der Waals surface area contributed by atoms with E-state index in [-0.39, 0.29) is 38.9 Å². The fourth-order valence-electron chi connectivity index (χ4n) is 12.6. The van der Waals surface area contributed by atoms with Crippen molar-refractivity contribution in [3.05, 3.63) is 34.2 Å². The number of hydrogen-bond acceptors (Lipinski definition) is 5. The maximum absolute atomic E-state index is 11.4. The van der Waals surface area contributed by atoms with E-state index in [1.165, 1.54) is 43.4 Å². The van der Waals surface area contributed by atoms with Crippen LogP contribution in [0.15, 0.2) is 11.6 Å². The van der Waals surface area contributed by atoms with Crippen molar-refractivity contribution in [2.75, 3.05) is 12.3 Å². The van der Waals surface area contributed by atoms with Crippen molar-refractivity contribution >= 4 is 11.8 Å². The summed E-state index contributed by atoms with van der Waals surface area (Å²) in [6, 6.07) is -0.547. The number of rotatable bonds is 4. The predicted molar refractivity (Wildman–Crippen MR) is 176 cm³/mol. The third-order valence-electron chi connectivity index (χ3n) is 14.6. The largest absolute Gasteiger partial charge is 0.493 e. The van der Waals surface area contributed by atoms with E-state index in [2.05, 4.69) is 70.1 Å². The minimum atomic E-state index is -0.547. The van der Waals surface area contributed by atoms with Crippen molar-refractivity contribution in [2.45, 2.75) is 118 Å². The summed E-state index contributed by atoms with van der Waals surface area (Å²) in [5, 5.41) is 29.0. The van der Waals surface area contributed by atoms with Gasteiger partial charge in [-0.15, -0.1) is 0 Å². The second-order valence-electron chi connectivity index (χ2n) is 17.6. The van der Waals surface area contributed by atoms with Gasteiger partial charge < -0.3 is 21.9 Å². The van der Waals surface area contributed by atoms with Crippen molar-refractivity contribution in [1.82, 2.24) is 25.7 Å². The number of H-pyrrole nitrogens is 2. The van der Waals surface area contributed by atoms with Crippen LogP contribution in [0.25, 0.3) is 0 Å². The van der Waals surface area contributed by atoms with Crippen LogP contribution in [0.5, 0.6) is 5.88 Å². The van der Waals surface area contributed by atoms with Crippen molar-refractivity contribution in [2.24, 2.45) is 51.1 Å². The number of aromatic nitrogens is 4. The summed E-state index contributed by atoms with van der Waals surface area (Å²) >= 11 is 0. The quantitative estimate of drug-likeness (QED) is 0.217. The van der Waals surface area contributed by atoms with Crippen LogP contribution in [-0.4, -0.2) is 38.1 Å². The molecule has 2 heterocycles. The van der Waals surface area contributed by atoms with E-state index in [1.54, 1.807) is 5.57 Å². The number of nitrogens with zero attached hydrogens (tertiary/aromatic N) is 2. The number of anilines is 1. The van der Waals surface area contributed by atoms with Crippen molar-refractivity contribution < 1.29 is 9.90 Å². The molecule has 3 unspecified atom stereocenters.